The van der Waals surface area contributed by atoms with Crippen LogP contribution in [0.4, 0.5) is 0 Å². The molecule has 5 heteroatoms. The lowest BCUT2D eigenvalue weighted by Gasteiger charge is -2.17. The molecule has 0 radical (unpaired) electrons. The minimum Gasteiger partial charge on any atom is -0.352 e. The number of ether oxygens (including phenoxy) is 2. The van der Waals surface area contributed by atoms with Gasteiger partial charge >= 0.3 is 0 Å². The Hall–Kier alpha value is -1.09. The van der Waals surface area contributed by atoms with Gasteiger partial charge < -0.3 is 20.5 Å². The maximum absolute atomic E-state index is 11.4. The third-order valence-corrected chi connectivity index (χ3v) is 2.25. The van der Waals surface area contributed by atoms with E-state index in [0.29, 0.717) is 13.2 Å². The maximum atomic E-state index is 11.4. The predicted octanol–water partition coefficient (Wildman–Crippen LogP) is -0.395. The molecule has 1 fully saturated rings. The molecule has 1 heterocycles. The van der Waals surface area contributed by atoms with Crippen molar-refractivity contribution in [1.29, 1.82) is 0 Å². The van der Waals surface area contributed by atoms with Crippen LogP contribution in [-0.4, -0.2) is 37.0 Å². The molecule has 0 spiro atoms. The Balaban J connectivity index is 2.26. The van der Waals surface area contributed by atoms with E-state index in [1.807, 2.05) is 13.8 Å². The van der Waals surface area contributed by atoms with Crippen molar-refractivity contribution in [2.24, 2.45) is 5.73 Å². The second-order valence-corrected chi connectivity index (χ2v) is 4.21. The lowest BCUT2D eigenvalue weighted by molar-refractivity contribution is -0.139. The number of carbonyl (C=O) groups excluding carboxylic acids is 1. The van der Waals surface area contributed by atoms with E-state index >= 15 is 0 Å². The van der Waals surface area contributed by atoms with Crippen LogP contribution in [0.2, 0.25) is 0 Å². The average molecular weight is 226 g/mol. The first-order valence-corrected chi connectivity index (χ1v) is 5.23. The summed E-state index contributed by atoms with van der Waals surface area (Å²) >= 11 is 0. The summed E-state index contributed by atoms with van der Waals surface area (Å²) in [6.07, 6.45) is 5.17. The van der Waals surface area contributed by atoms with Gasteiger partial charge in [-0.25, -0.2) is 0 Å². The summed E-state index contributed by atoms with van der Waals surface area (Å²) in [6, 6.07) is -0.652. The predicted molar refractivity (Wildman–Crippen MR) is 59.3 cm³/mol. The van der Waals surface area contributed by atoms with Crippen LogP contribution in [0.5, 0.6) is 0 Å². The second-order valence-electron chi connectivity index (χ2n) is 4.21. The molecule has 1 aliphatic rings. The minimum absolute atomic E-state index is 0.128. The Morgan fingerprint density at radius 1 is 1.75 bits per heavy atom. The van der Waals surface area contributed by atoms with Crippen LogP contribution in [0, 0.1) is 12.3 Å². The fourth-order valence-electron chi connectivity index (χ4n) is 1.43. The van der Waals surface area contributed by atoms with E-state index in [2.05, 4.69) is 11.2 Å². The van der Waals surface area contributed by atoms with E-state index in [-0.39, 0.29) is 18.4 Å². The van der Waals surface area contributed by atoms with Gasteiger partial charge in [0, 0.05) is 13.0 Å². The molecule has 16 heavy (non-hydrogen) atoms. The van der Waals surface area contributed by atoms with Crippen molar-refractivity contribution in [2.75, 3.05) is 13.2 Å². The zero-order valence-corrected chi connectivity index (χ0v) is 9.66. The van der Waals surface area contributed by atoms with Gasteiger partial charge in [0.15, 0.2) is 5.79 Å². The zero-order chi connectivity index (χ0) is 12.2. The molecule has 0 saturated carbocycles. The van der Waals surface area contributed by atoms with Crippen molar-refractivity contribution < 1.29 is 14.3 Å². The van der Waals surface area contributed by atoms with E-state index in [1.54, 1.807) is 0 Å². The largest absolute Gasteiger partial charge is 0.352 e. The summed E-state index contributed by atoms with van der Waals surface area (Å²) in [4.78, 5) is 11.4. The number of rotatable bonds is 4. The molecule has 1 saturated heterocycles. The van der Waals surface area contributed by atoms with Crippen molar-refractivity contribution in [2.45, 2.75) is 38.2 Å². The molecule has 90 valence electrons. The molecular weight excluding hydrogens is 208 g/mol. The minimum atomic E-state index is -0.652. The molecular formula is C11H18N2O3. The molecule has 0 aromatic rings. The van der Waals surface area contributed by atoms with Crippen LogP contribution < -0.4 is 11.1 Å². The third-order valence-electron chi connectivity index (χ3n) is 2.25. The first-order chi connectivity index (χ1) is 7.44. The van der Waals surface area contributed by atoms with Crippen molar-refractivity contribution in [1.82, 2.24) is 5.32 Å². The van der Waals surface area contributed by atoms with Gasteiger partial charge in [-0.05, 0) is 13.8 Å². The van der Waals surface area contributed by atoms with Crippen LogP contribution >= 0.6 is 0 Å². The normalized spacial score (nSPS) is 24.8. The highest BCUT2D eigenvalue weighted by Crippen LogP contribution is 2.21. The first kappa shape index (κ1) is 13.0. The number of hydrogen-bond donors (Lipinski definition) is 2. The van der Waals surface area contributed by atoms with E-state index in [4.69, 9.17) is 21.6 Å². The Labute approximate surface area is 95.7 Å². The topological polar surface area (TPSA) is 73.6 Å². The van der Waals surface area contributed by atoms with Crippen LogP contribution in [0.1, 0.15) is 20.3 Å². The molecule has 1 amide bonds. The van der Waals surface area contributed by atoms with Crippen LogP contribution in [0.15, 0.2) is 0 Å². The van der Waals surface area contributed by atoms with Gasteiger partial charge in [0.2, 0.25) is 5.91 Å². The van der Waals surface area contributed by atoms with Gasteiger partial charge in [0.25, 0.3) is 0 Å². The monoisotopic (exact) mass is 226 g/mol. The Bertz CT molecular complexity index is 296. The molecule has 0 aromatic heterocycles. The molecule has 2 unspecified atom stereocenters. The number of terminal acetylenes is 1. The van der Waals surface area contributed by atoms with Gasteiger partial charge in [-0.2, -0.15) is 0 Å². The van der Waals surface area contributed by atoms with Crippen LogP contribution in [-0.2, 0) is 14.3 Å². The highest BCUT2D eigenvalue weighted by molar-refractivity contribution is 5.81. The zero-order valence-electron chi connectivity index (χ0n) is 9.66. The fraction of sp³-hybridized carbons (Fsp3) is 0.727. The summed E-state index contributed by atoms with van der Waals surface area (Å²) in [6.45, 7) is 4.52. The molecule has 0 bridgehead atoms. The standard InChI is InChI=1S/C11H18N2O3/c1-4-5-9(12)10(14)13-6-8-7-15-11(2,3)16-8/h1,8-9H,5-7,12H2,2-3H3,(H,13,14). The summed E-state index contributed by atoms with van der Waals surface area (Å²) in [5.74, 6) is 1.52. The molecule has 2 atom stereocenters. The van der Waals surface area contributed by atoms with Gasteiger partial charge in [-0.3, -0.25) is 4.79 Å². The van der Waals surface area contributed by atoms with E-state index in [0.717, 1.165) is 0 Å². The summed E-state index contributed by atoms with van der Waals surface area (Å²) in [7, 11) is 0. The Morgan fingerprint density at radius 2 is 2.44 bits per heavy atom. The van der Waals surface area contributed by atoms with Crippen LogP contribution in [0.25, 0.3) is 0 Å². The van der Waals surface area contributed by atoms with Crippen molar-refractivity contribution in [3.05, 3.63) is 0 Å². The summed E-state index contributed by atoms with van der Waals surface area (Å²) in [5.41, 5.74) is 5.54. The van der Waals surface area contributed by atoms with Crippen molar-refractivity contribution in [3.8, 4) is 12.3 Å². The first-order valence-electron chi connectivity index (χ1n) is 5.23. The highest BCUT2D eigenvalue weighted by atomic mass is 16.7. The molecule has 0 aromatic carbocycles. The van der Waals surface area contributed by atoms with Gasteiger partial charge in [-0.1, -0.05) is 0 Å². The molecule has 1 aliphatic heterocycles. The fourth-order valence-corrected chi connectivity index (χ4v) is 1.43. The molecule has 5 nitrogen and oxygen atoms in total. The number of nitrogens with one attached hydrogen (secondary N) is 1. The van der Waals surface area contributed by atoms with E-state index in [9.17, 15) is 4.79 Å². The van der Waals surface area contributed by atoms with Crippen molar-refractivity contribution in [3.63, 3.8) is 0 Å². The van der Waals surface area contributed by atoms with Gasteiger partial charge in [-0.15, -0.1) is 12.3 Å². The molecule has 0 aliphatic carbocycles. The number of nitrogens with two attached hydrogens (primary N) is 1. The Morgan fingerprint density at radius 3 is 2.94 bits per heavy atom. The summed E-state index contributed by atoms with van der Waals surface area (Å²) < 4.78 is 10.9. The molecule has 3 N–H and O–H groups in total. The maximum Gasteiger partial charge on any atom is 0.237 e. The van der Waals surface area contributed by atoms with Crippen LogP contribution in [0.3, 0.4) is 0 Å². The smallest absolute Gasteiger partial charge is 0.237 e. The highest BCUT2D eigenvalue weighted by Gasteiger charge is 2.32. The lowest BCUT2D eigenvalue weighted by Crippen LogP contribution is -2.43. The Kier molecular flexibility index (Phi) is 4.30. The van der Waals surface area contributed by atoms with E-state index in [1.165, 1.54) is 0 Å². The van der Waals surface area contributed by atoms with Gasteiger partial charge in [0.1, 0.15) is 6.10 Å². The van der Waals surface area contributed by atoms with Crippen molar-refractivity contribution >= 4 is 5.91 Å². The quantitative estimate of drug-likeness (QED) is 0.640. The number of carbonyl (C=O) groups is 1. The van der Waals surface area contributed by atoms with E-state index < -0.39 is 11.8 Å². The second kappa shape index (κ2) is 5.30. The SMILES string of the molecule is C#CCC(N)C(=O)NCC1COC(C)(C)O1. The number of hydrogen-bond acceptors (Lipinski definition) is 4. The van der Waals surface area contributed by atoms with Gasteiger partial charge in [0.05, 0.1) is 12.6 Å². The molecule has 1 rings (SSSR count). The summed E-state index contributed by atoms with van der Waals surface area (Å²) in [5, 5.41) is 2.68. The lowest BCUT2D eigenvalue weighted by atomic mass is 10.2. The average Bonchev–Trinajstić information content (AvgIpc) is 2.55. The third kappa shape index (κ3) is 3.81. The number of amides is 1.